The lowest BCUT2D eigenvalue weighted by molar-refractivity contribution is -0.145. The van der Waals surface area contributed by atoms with Crippen molar-refractivity contribution in [1.82, 2.24) is 4.90 Å². The predicted octanol–water partition coefficient (Wildman–Crippen LogP) is 2.77. The molecule has 1 aromatic carbocycles. The summed E-state index contributed by atoms with van der Waals surface area (Å²) < 4.78 is 13.9. The van der Waals surface area contributed by atoms with Gasteiger partial charge in [0, 0.05) is 12.1 Å². The number of carboxylic acid groups (broad SMARTS) is 1. The fraction of sp³-hybridized carbons (Fsp3) is 0.500. The highest BCUT2D eigenvalue weighted by atomic mass is 19.1. The molecule has 112 valence electrons. The molecule has 0 radical (unpaired) electrons. The van der Waals surface area contributed by atoms with E-state index in [-0.39, 0.29) is 12.1 Å². The molecule has 1 aliphatic heterocycles. The Kier molecular flexibility index (Phi) is 4.92. The van der Waals surface area contributed by atoms with Gasteiger partial charge in [0.25, 0.3) is 0 Å². The Morgan fingerprint density at radius 3 is 2.90 bits per heavy atom. The van der Waals surface area contributed by atoms with E-state index in [9.17, 15) is 14.3 Å². The van der Waals surface area contributed by atoms with Crippen LogP contribution in [0.1, 0.15) is 37.3 Å². The van der Waals surface area contributed by atoms with E-state index in [1.807, 2.05) is 11.0 Å². The Labute approximate surface area is 123 Å². The minimum atomic E-state index is -0.845. The third-order valence-corrected chi connectivity index (χ3v) is 4.24. The molecular formula is C16H19FN2O2. The van der Waals surface area contributed by atoms with E-state index in [0.29, 0.717) is 24.4 Å². The van der Waals surface area contributed by atoms with Crippen LogP contribution < -0.4 is 0 Å². The molecule has 1 N–H and O–H groups in total. The Morgan fingerprint density at radius 2 is 2.33 bits per heavy atom. The normalized spacial score (nSPS) is 22.7. The maximum Gasteiger partial charge on any atom is 0.320 e. The van der Waals surface area contributed by atoms with Crippen LogP contribution in [0.2, 0.25) is 0 Å². The van der Waals surface area contributed by atoms with E-state index < -0.39 is 17.8 Å². The molecule has 0 aliphatic carbocycles. The minimum Gasteiger partial charge on any atom is -0.480 e. The first kappa shape index (κ1) is 15.5. The molecule has 5 heteroatoms. The van der Waals surface area contributed by atoms with Crippen LogP contribution in [-0.4, -0.2) is 28.6 Å². The summed E-state index contributed by atoms with van der Waals surface area (Å²) >= 11 is 0. The average Bonchev–Trinajstić information content (AvgIpc) is 2.49. The number of aliphatic carboxylic acids is 1. The van der Waals surface area contributed by atoms with Crippen LogP contribution in [0.25, 0.3) is 0 Å². The molecule has 21 heavy (non-hydrogen) atoms. The van der Waals surface area contributed by atoms with E-state index in [2.05, 4.69) is 6.92 Å². The zero-order chi connectivity index (χ0) is 15.4. The highest BCUT2D eigenvalue weighted by Crippen LogP contribution is 2.27. The lowest BCUT2D eigenvalue weighted by atomic mass is 9.88. The molecule has 2 rings (SSSR count). The zero-order valence-corrected chi connectivity index (χ0v) is 12.1. The maximum atomic E-state index is 13.9. The zero-order valence-electron chi connectivity index (χ0n) is 12.1. The van der Waals surface area contributed by atoms with Crippen molar-refractivity contribution in [1.29, 1.82) is 5.26 Å². The van der Waals surface area contributed by atoms with E-state index in [0.717, 1.165) is 12.8 Å². The number of halogens is 1. The van der Waals surface area contributed by atoms with Gasteiger partial charge in [-0.25, -0.2) is 4.39 Å². The predicted molar refractivity (Wildman–Crippen MR) is 76.0 cm³/mol. The molecule has 0 saturated carbocycles. The van der Waals surface area contributed by atoms with Gasteiger partial charge in [-0.3, -0.25) is 9.69 Å². The van der Waals surface area contributed by atoms with Gasteiger partial charge in [0.15, 0.2) is 0 Å². The van der Waals surface area contributed by atoms with Gasteiger partial charge >= 0.3 is 5.97 Å². The summed E-state index contributed by atoms with van der Waals surface area (Å²) in [6.07, 6.45) is 2.53. The summed E-state index contributed by atoms with van der Waals surface area (Å²) in [6, 6.07) is 5.66. The maximum absolute atomic E-state index is 13.9. The number of benzene rings is 1. The number of hydrogen-bond acceptors (Lipinski definition) is 3. The van der Waals surface area contributed by atoms with E-state index in [4.69, 9.17) is 5.26 Å². The lowest BCUT2D eigenvalue weighted by Crippen LogP contribution is -2.46. The molecule has 2 atom stereocenters. The van der Waals surface area contributed by atoms with Crippen molar-refractivity contribution < 1.29 is 14.3 Å². The number of likely N-dealkylation sites (tertiary alicyclic amines) is 1. The van der Waals surface area contributed by atoms with Gasteiger partial charge in [0.1, 0.15) is 11.9 Å². The summed E-state index contributed by atoms with van der Waals surface area (Å²) in [4.78, 5) is 13.2. The second-order valence-electron chi connectivity index (χ2n) is 5.54. The first-order valence-electron chi connectivity index (χ1n) is 7.20. The van der Waals surface area contributed by atoms with Gasteiger partial charge in [-0.2, -0.15) is 5.26 Å². The highest BCUT2D eigenvalue weighted by Gasteiger charge is 2.32. The van der Waals surface area contributed by atoms with Crippen molar-refractivity contribution in [2.75, 3.05) is 6.54 Å². The average molecular weight is 290 g/mol. The van der Waals surface area contributed by atoms with Crippen LogP contribution in [0.5, 0.6) is 0 Å². The van der Waals surface area contributed by atoms with Crippen molar-refractivity contribution in [2.24, 2.45) is 5.92 Å². The SMILES string of the molecule is CCC1CCN(Cc2ccc(C#N)cc2F)C(C(=O)O)C1. The van der Waals surface area contributed by atoms with Crippen molar-refractivity contribution >= 4 is 5.97 Å². The first-order chi connectivity index (χ1) is 10.0. The lowest BCUT2D eigenvalue weighted by Gasteiger charge is -2.37. The summed E-state index contributed by atoms with van der Waals surface area (Å²) in [5.41, 5.74) is 0.714. The number of nitriles is 1. The monoisotopic (exact) mass is 290 g/mol. The summed E-state index contributed by atoms with van der Waals surface area (Å²) in [6.45, 7) is 3.00. The molecule has 0 amide bonds. The number of carbonyl (C=O) groups is 1. The second kappa shape index (κ2) is 6.68. The third kappa shape index (κ3) is 3.59. The van der Waals surface area contributed by atoms with Gasteiger partial charge in [-0.05, 0) is 37.4 Å². The molecule has 1 fully saturated rings. The van der Waals surface area contributed by atoms with E-state index in [1.165, 1.54) is 6.07 Å². The van der Waals surface area contributed by atoms with Crippen molar-refractivity contribution in [3.8, 4) is 6.07 Å². The molecular weight excluding hydrogens is 271 g/mol. The fourth-order valence-electron chi connectivity index (χ4n) is 2.87. The van der Waals surface area contributed by atoms with Gasteiger partial charge in [-0.15, -0.1) is 0 Å². The third-order valence-electron chi connectivity index (χ3n) is 4.24. The van der Waals surface area contributed by atoms with Gasteiger partial charge in [0.2, 0.25) is 0 Å². The Morgan fingerprint density at radius 1 is 1.57 bits per heavy atom. The van der Waals surface area contributed by atoms with E-state index >= 15 is 0 Å². The molecule has 2 unspecified atom stereocenters. The molecule has 1 saturated heterocycles. The molecule has 4 nitrogen and oxygen atoms in total. The topological polar surface area (TPSA) is 64.3 Å². The largest absolute Gasteiger partial charge is 0.480 e. The van der Waals surface area contributed by atoms with Crippen molar-refractivity contribution in [3.63, 3.8) is 0 Å². The minimum absolute atomic E-state index is 0.269. The molecule has 0 aromatic heterocycles. The molecule has 1 aromatic rings. The van der Waals surface area contributed by atoms with Gasteiger partial charge in [0.05, 0.1) is 11.6 Å². The number of piperidine rings is 1. The van der Waals surface area contributed by atoms with Crippen LogP contribution in [0, 0.1) is 23.1 Å². The van der Waals surface area contributed by atoms with Gasteiger partial charge < -0.3 is 5.11 Å². The molecule has 1 heterocycles. The van der Waals surface area contributed by atoms with Crippen molar-refractivity contribution in [3.05, 3.63) is 35.1 Å². The van der Waals surface area contributed by atoms with E-state index in [1.54, 1.807) is 12.1 Å². The van der Waals surface area contributed by atoms with Crippen LogP contribution >= 0.6 is 0 Å². The number of carboxylic acids is 1. The molecule has 1 aliphatic rings. The summed E-state index contributed by atoms with van der Waals surface area (Å²) in [5.74, 6) is -0.869. The number of hydrogen-bond donors (Lipinski definition) is 1. The van der Waals surface area contributed by atoms with Gasteiger partial charge in [-0.1, -0.05) is 19.4 Å². The van der Waals surface area contributed by atoms with Crippen molar-refractivity contribution in [2.45, 2.75) is 38.8 Å². The molecule has 0 bridgehead atoms. The summed E-state index contributed by atoms with van der Waals surface area (Å²) in [5, 5.41) is 18.1. The smallest absolute Gasteiger partial charge is 0.320 e. The van der Waals surface area contributed by atoms with Crippen LogP contribution in [0.3, 0.4) is 0 Å². The standard InChI is InChI=1S/C16H19FN2O2/c1-2-11-5-6-19(15(8-11)16(20)21)10-13-4-3-12(9-18)7-14(13)17/h3-4,7,11,15H,2,5-6,8,10H2,1H3,(H,20,21). The Balaban J connectivity index is 2.14. The molecule has 0 spiro atoms. The first-order valence-corrected chi connectivity index (χ1v) is 7.20. The number of nitrogens with zero attached hydrogens (tertiary/aromatic N) is 2. The number of rotatable bonds is 4. The van der Waals surface area contributed by atoms with Crippen LogP contribution in [0.4, 0.5) is 4.39 Å². The van der Waals surface area contributed by atoms with Crippen LogP contribution in [-0.2, 0) is 11.3 Å². The summed E-state index contributed by atoms with van der Waals surface area (Å²) in [7, 11) is 0. The Bertz CT molecular complexity index is 568. The quantitative estimate of drug-likeness (QED) is 0.926. The van der Waals surface area contributed by atoms with Crippen LogP contribution in [0.15, 0.2) is 18.2 Å². The second-order valence-corrected chi connectivity index (χ2v) is 5.54. The highest BCUT2D eigenvalue weighted by molar-refractivity contribution is 5.73. The fourth-order valence-corrected chi connectivity index (χ4v) is 2.87. The Hall–Kier alpha value is -1.93.